The molecule has 0 rings (SSSR count). The van der Waals surface area contributed by atoms with Crippen LogP contribution in [0.3, 0.4) is 0 Å². The first-order valence-electron chi connectivity index (χ1n) is 14.4. The Labute approximate surface area is 250 Å². The van der Waals surface area contributed by atoms with Gasteiger partial charge in [-0.25, -0.2) is 4.79 Å². The molecule has 0 amide bonds. The van der Waals surface area contributed by atoms with Crippen LogP contribution in [0, 0.1) is 0 Å². The van der Waals surface area contributed by atoms with Crippen LogP contribution in [0.15, 0.2) is 0 Å². The molecule has 0 radical (unpaired) electrons. The highest BCUT2D eigenvalue weighted by Gasteiger charge is 1.99. The number of ether oxygens (including phenoxy) is 13. The van der Waals surface area contributed by atoms with Gasteiger partial charge in [-0.05, 0) is 0 Å². The maximum Gasteiger partial charge on any atom is 0.331 e. The molecule has 0 heterocycles. The van der Waals surface area contributed by atoms with E-state index in [9.17, 15) is 4.79 Å². The highest BCUT2D eigenvalue weighted by molar-refractivity contribution is 5.70. The van der Waals surface area contributed by atoms with Gasteiger partial charge in [-0.15, -0.1) is 0 Å². The molecule has 0 aliphatic heterocycles. The number of aliphatic hydroxyl groups excluding tert-OH is 1. The minimum Gasteiger partial charge on any atom is -0.467 e. The summed E-state index contributed by atoms with van der Waals surface area (Å²) in [5.74, 6) is -0.409. The Bertz CT molecular complexity index is 516. The first-order chi connectivity index (χ1) is 20.8. The normalized spacial score (nSPS) is 11.4. The quantitative estimate of drug-likeness (QED) is 0.0691. The van der Waals surface area contributed by atoms with Crippen LogP contribution in [0.5, 0.6) is 0 Å². The van der Waals surface area contributed by atoms with E-state index in [1.54, 1.807) is 0 Å². The molecule has 0 aliphatic rings. The van der Waals surface area contributed by atoms with Crippen LogP contribution in [-0.2, 0) is 66.4 Å². The van der Waals surface area contributed by atoms with Crippen LogP contribution in [0.4, 0.5) is 0 Å². The zero-order valence-corrected chi connectivity index (χ0v) is 25.3. The molecule has 0 aromatic rings. The number of hydrogen-bond donors (Lipinski definition) is 1. The molecular formula is C27H54O15. The average molecular weight is 619 g/mol. The van der Waals surface area contributed by atoms with Crippen LogP contribution < -0.4 is 0 Å². The van der Waals surface area contributed by atoms with Gasteiger partial charge in [0.15, 0.2) is 0 Å². The highest BCUT2D eigenvalue weighted by Crippen LogP contribution is 1.87. The molecule has 252 valence electrons. The monoisotopic (exact) mass is 618 g/mol. The first-order valence-corrected chi connectivity index (χ1v) is 14.4. The number of aliphatic hydroxyl groups is 1. The van der Waals surface area contributed by atoms with Crippen molar-refractivity contribution in [1.82, 2.24) is 0 Å². The minimum atomic E-state index is -0.409. The lowest BCUT2D eigenvalue weighted by molar-refractivity contribution is -0.146. The van der Waals surface area contributed by atoms with Crippen molar-refractivity contribution in [3.63, 3.8) is 0 Å². The fourth-order valence-electron chi connectivity index (χ4n) is 2.70. The predicted molar refractivity (Wildman–Crippen MR) is 149 cm³/mol. The Morgan fingerprint density at radius 1 is 0.357 bits per heavy atom. The molecule has 1 N–H and O–H groups in total. The molecule has 42 heavy (non-hydrogen) atoms. The van der Waals surface area contributed by atoms with Crippen molar-refractivity contribution in [2.75, 3.05) is 172 Å². The largest absolute Gasteiger partial charge is 0.467 e. The third-order valence-electron chi connectivity index (χ3n) is 4.78. The summed E-state index contributed by atoms with van der Waals surface area (Å²) in [5, 5.41) is 8.57. The van der Waals surface area contributed by atoms with E-state index >= 15 is 0 Å². The second-order valence-electron chi connectivity index (χ2n) is 8.09. The molecule has 0 aromatic heterocycles. The minimum absolute atomic E-state index is 0.0219. The van der Waals surface area contributed by atoms with Crippen molar-refractivity contribution in [2.45, 2.75) is 0 Å². The lowest BCUT2D eigenvalue weighted by atomic mass is 10.6. The summed E-state index contributed by atoms with van der Waals surface area (Å²) in [4.78, 5) is 10.8. The summed E-state index contributed by atoms with van der Waals surface area (Å²) in [7, 11) is 1.31. The molecule has 15 nitrogen and oxygen atoms in total. The molecule has 0 aliphatic carbocycles. The van der Waals surface area contributed by atoms with E-state index in [0.717, 1.165) is 0 Å². The number of esters is 1. The summed E-state index contributed by atoms with van der Waals surface area (Å²) < 4.78 is 68.6. The van der Waals surface area contributed by atoms with Crippen molar-refractivity contribution >= 4 is 5.97 Å². The van der Waals surface area contributed by atoms with Gasteiger partial charge >= 0.3 is 5.97 Å². The van der Waals surface area contributed by atoms with Crippen molar-refractivity contribution in [3.8, 4) is 0 Å². The summed E-state index contributed by atoms with van der Waals surface area (Å²) >= 11 is 0. The molecular weight excluding hydrogens is 564 g/mol. The number of carbonyl (C=O) groups is 1. The van der Waals surface area contributed by atoms with Gasteiger partial charge in [-0.1, -0.05) is 0 Å². The second-order valence-corrected chi connectivity index (χ2v) is 8.09. The van der Waals surface area contributed by atoms with E-state index in [4.69, 9.17) is 61.9 Å². The number of methoxy groups -OCH3 is 1. The van der Waals surface area contributed by atoms with Gasteiger partial charge in [-0.2, -0.15) is 0 Å². The fourth-order valence-corrected chi connectivity index (χ4v) is 2.70. The maximum atomic E-state index is 10.8. The Balaban J connectivity index is 3.04. The van der Waals surface area contributed by atoms with E-state index < -0.39 is 5.97 Å². The van der Waals surface area contributed by atoms with Gasteiger partial charge in [0.1, 0.15) is 6.61 Å². The molecule has 0 spiro atoms. The van der Waals surface area contributed by atoms with Crippen molar-refractivity contribution < 1.29 is 71.5 Å². The summed E-state index contributed by atoms with van der Waals surface area (Å²) in [6.07, 6.45) is 0. The molecule has 0 saturated carbocycles. The van der Waals surface area contributed by atoms with Gasteiger partial charge in [0.2, 0.25) is 0 Å². The Morgan fingerprint density at radius 2 is 0.548 bits per heavy atom. The molecule has 0 aromatic carbocycles. The summed E-state index contributed by atoms with van der Waals surface area (Å²) in [6.45, 7) is 10.7. The lowest BCUT2D eigenvalue weighted by Crippen LogP contribution is -2.16. The standard InChI is InChI=1S/C27H54O15/c1-30-27(29)26-42-25-24-41-23-22-40-21-20-39-19-18-38-17-16-37-15-14-36-13-12-35-11-10-34-9-8-33-7-6-32-5-4-31-3-2-28/h28H,2-26H2,1H3. The third kappa shape index (κ3) is 37.0. The van der Waals surface area contributed by atoms with Crippen molar-refractivity contribution in [2.24, 2.45) is 0 Å². The van der Waals surface area contributed by atoms with E-state index in [-0.39, 0.29) is 13.2 Å². The third-order valence-corrected chi connectivity index (χ3v) is 4.78. The number of hydrogen-bond acceptors (Lipinski definition) is 15. The first kappa shape index (κ1) is 41.0. The smallest absolute Gasteiger partial charge is 0.331 e. The Morgan fingerprint density at radius 3 is 0.738 bits per heavy atom. The van der Waals surface area contributed by atoms with Crippen LogP contribution in [0.25, 0.3) is 0 Å². The summed E-state index contributed by atoms with van der Waals surface area (Å²) in [6, 6.07) is 0. The average Bonchev–Trinajstić information content (AvgIpc) is 3.00. The molecule has 0 atom stereocenters. The van der Waals surface area contributed by atoms with Crippen LogP contribution >= 0.6 is 0 Å². The predicted octanol–water partition coefficient (Wildman–Crippen LogP) is -0.649. The molecule has 0 bridgehead atoms. The molecule has 0 unspecified atom stereocenters. The van der Waals surface area contributed by atoms with Crippen molar-refractivity contribution in [1.29, 1.82) is 0 Å². The van der Waals surface area contributed by atoms with Gasteiger partial charge in [0, 0.05) is 0 Å². The fraction of sp³-hybridized carbons (Fsp3) is 0.963. The highest BCUT2D eigenvalue weighted by atomic mass is 16.6. The van der Waals surface area contributed by atoms with Gasteiger partial charge in [0.25, 0.3) is 0 Å². The Kier molecular flexibility index (Phi) is 37.0. The zero-order chi connectivity index (χ0) is 30.4. The van der Waals surface area contributed by atoms with Crippen molar-refractivity contribution in [3.05, 3.63) is 0 Å². The van der Waals surface area contributed by atoms with E-state index in [2.05, 4.69) is 4.74 Å². The van der Waals surface area contributed by atoms with E-state index in [1.165, 1.54) is 7.11 Å². The zero-order valence-electron chi connectivity index (χ0n) is 25.3. The van der Waals surface area contributed by atoms with Crippen LogP contribution in [0.2, 0.25) is 0 Å². The van der Waals surface area contributed by atoms with Gasteiger partial charge in [-0.3, -0.25) is 0 Å². The van der Waals surface area contributed by atoms with Crippen LogP contribution in [0.1, 0.15) is 0 Å². The number of rotatable bonds is 37. The Hall–Kier alpha value is -1.05. The van der Waals surface area contributed by atoms with Gasteiger partial charge in [0.05, 0.1) is 166 Å². The number of carbonyl (C=O) groups excluding carboxylic acids is 1. The van der Waals surface area contributed by atoms with E-state index in [0.29, 0.717) is 152 Å². The summed E-state index contributed by atoms with van der Waals surface area (Å²) in [5.41, 5.74) is 0. The molecule has 0 fully saturated rings. The SMILES string of the molecule is COC(=O)COCCOCCOCCOCCOCCOCCOCCOCCOCCOCCOCCOCCO. The van der Waals surface area contributed by atoms with Crippen LogP contribution in [-0.4, -0.2) is 183 Å². The molecule has 15 heteroatoms. The lowest BCUT2D eigenvalue weighted by Gasteiger charge is -2.09. The van der Waals surface area contributed by atoms with Gasteiger partial charge < -0.3 is 66.7 Å². The maximum absolute atomic E-state index is 10.8. The molecule has 0 saturated heterocycles. The second kappa shape index (κ2) is 38.0. The topological polar surface area (TPSA) is 157 Å². The van der Waals surface area contributed by atoms with E-state index in [1.807, 2.05) is 0 Å².